The lowest BCUT2D eigenvalue weighted by molar-refractivity contribution is -0.123. The zero-order valence-corrected chi connectivity index (χ0v) is 14.4. The van der Waals surface area contributed by atoms with Crippen LogP contribution in [0.2, 0.25) is 0 Å². The highest BCUT2D eigenvalue weighted by Gasteiger charge is 2.33. The second-order valence-electron chi connectivity index (χ2n) is 5.06. The molecule has 1 aliphatic rings. The van der Waals surface area contributed by atoms with Crippen molar-refractivity contribution in [3.05, 3.63) is 70.4 Å². The summed E-state index contributed by atoms with van der Waals surface area (Å²) in [5.41, 5.74) is 4.70. The Morgan fingerprint density at radius 3 is 2.79 bits per heavy atom. The van der Waals surface area contributed by atoms with Crippen molar-refractivity contribution in [1.29, 1.82) is 0 Å². The molecule has 1 aromatic heterocycles. The van der Waals surface area contributed by atoms with Crippen LogP contribution in [0.5, 0.6) is 0 Å². The molecule has 2 heterocycles. The molecule has 120 valence electrons. The van der Waals surface area contributed by atoms with Crippen LogP contribution in [0.4, 0.5) is 0 Å². The first-order valence-electron chi connectivity index (χ1n) is 7.11. The quantitative estimate of drug-likeness (QED) is 0.677. The van der Waals surface area contributed by atoms with Crippen LogP contribution in [0.1, 0.15) is 21.5 Å². The molecule has 1 saturated heterocycles. The fraction of sp³-hybridized carbons (Fsp3) is 0.0588. The number of benzene rings is 1. The molecule has 0 radical (unpaired) electrons. The van der Waals surface area contributed by atoms with Crippen molar-refractivity contribution in [1.82, 2.24) is 15.4 Å². The molecule has 1 fully saturated rings. The maximum Gasteiger partial charge on any atom is 0.285 e. The van der Waals surface area contributed by atoms with Crippen molar-refractivity contribution in [3.8, 4) is 0 Å². The van der Waals surface area contributed by atoms with Gasteiger partial charge in [0.1, 0.15) is 0 Å². The van der Waals surface area contributed by atoms with Gasteiger partial charge in [-0.05, 0) is 48.5 Å². The molecule has 0 bridgehead atoms. The van der Waals surface area contributed by atoms with Gasteiger partial charge in [-0.2, -0.15) is 5.01 Å². The maximum absolute atomic E-state index is 12.5. The minimum atomic E-state index is -0.368. The molecular weight excluding hydrogens is 342 g/mol. The maximum atomic E-state index is 12.5. The SMILES string of the molecule is Cc1ccccc1C(=O)NN1C(=O)/C(=C\c2cccnc2)SC1=S. The van der Waals surface area contributed by atoms with Crippen LogP contribution < -0.4 is 5.43 Å². The normalized spacial score (nSPS) is 15.9. The van der Waals surface area contributed by atoms with E-state index < -0.39 is 0 Å². The van der Waals surface area contributed by atoms with E-state index in [1.807, 2.05) is 25.1 Å². The summed E-state index contributed by atoms with van der Waals surface area (Å²) < 4.78 is 0.289. The van der Waals surface area contributed by atoms with Gasteiger partial charge in [0, 0.05) is 18.0 Å². The average molecular weight is 355 g/mol. The summed E-state index contributed by atoms with van der Waals surface area (Å²) in [5.74, 6) is -0.720. The Bertz CT molecular complexity index is 850. The molecule has 0 saturated carbocycles. The Morgan fingerprint density at radius 2 is 2.08 bits per heavy atom. The van der Waals surface area contributed by atoms with Gasteiger partial charge in [-0.15, -0.1) is 0 Å². The lowest BCUT2D eigenvalue weighted by Crippen LogP contribution is -2.45. The first-order chi connectivity index (χ1) is 11.6. The highest BCUT2D eigenvalue weighted by atomic mass is 32.2. The van der Waals surface area contributed by atoms with Crippen LogP contribution in [-0.4, -0.2) is 26.1 Å². The molecule has 2 aromatic rings. The summed E-state index contributed by atoms with van der Waals surface area (Å²) >= 11 is 6.35. The highest BCUT2D eigenvalue weighted by molar-refractivity contribution is 8.26. The summed E-state index contributed by atoms with van der Waals surface area (Å²) in [6.07, 6.45) is 5.01. The number of hydrogen-bond acceptors (Lipinski definition) is 5. The Labute approximate surface area is 148 Å². The molecule has 1 aromatic carbocycles. The number of pyridine rings is 1. The summed E-state index contributed by atoms with van der Waals surface area (Å²) in [6.45, 7) is 1.83. The second-order valence-corrected chi connectivity index (χ2v) is 6.74. The number of thioether (sulfide) groups is 1. The number of hydrazine groups is 1. The third kappa shape index (κ3) is 3.37. The van der Waals surface area contributed by atoms with E-state index in [4.69, 9.17) is 12.2 Å². The first kappa shape index (κ1) is 16.4. The number of carbonyl (C=O) groups excluding carboxylic acids is 2. The van der Waals surface area contributed by atoms with E-state index in [1.165, 1.54) is 0 Å². The molecule has 5 nitrogen and oxygen atoms in total. The summed E-state index contributed by atoms with van der Waals surface area (Å²) in [5, 5.41) is 1.11. The smallest absolute Gasteiger partial charge is 0.267 e. The molecule has 2 amide bonds. The molecule has 3 rings (SSSR count). The third-order valence-corrected chi connectivity index (χ3v) is 4.68. The van der Waals surface area contributed by atoms with Crippen LogP contribution in [0.3, 0.4) is 0 Å². The number of rotatable bonds is 3. The predicted molar refractivity (Wildman–Crippen MR) is 97.9 cm³/mol. The number of thiocarbonyl (C=S) groups is 1. The van der Waals surface area contributed by atoms with Gasteiger partial charge in [0.05, 0.1) is 4.91 Å². The van der Waals surface area contributed by atoms with Crippen molar-refractivity contribution in [2.75, 3.05) is 0 Å². The van der Waals surface area contributed by atoms with E-state index >= 15 is 0 Å². The number of aryl methyl sites for hydroxylation is 1. The van der Waals surface area contributed by atoms with Crippen molar-refractivity contribution in [2.45, 2.75) is 6.92 Å². The van der Waals surface area contributed by atoms with Crippen LogP contribution in [0.15, 0.2) is 53.7 Å². The number of nitrogens with zero attached hydrogens (tertiary/aromatic N) is 2. The van der Waals surface area contributed by atoms with Crippen LogP contribution in [-0.2, 0) is 4.79 Å². The molecule has 24 heavy (non-hydrogen) atoms. The molecule has 0 unspecified atom stereocenters. The molecule has 0 spiro atoms. The van der Waals surface area contributed by atoms with Gasteiger partial charge in [-0.1, -0.05) is 36.0 Å². The van der Waals surface area contributed by atoms with Crippen LogP contribution >= 0.6 is 24.0 Å². The Morgan fingerprint density at radius 1 is 1.29 bits per heavy atom. The van der Waals surface area contributed by atoms with Crippen molar-refractivity contribution in [2.24, 2.45) is 0 Å². The number of hydrogen-bond donors (Lipinski definition) is 1. The second kappa shape index (κ2) is 6.94. The fourth-order valence-corrected chi connectivity index (χ4v) is 3.35. The van der Waals surface area contributed by atoms with Gasteiger partial charge < -0.3 is 0 Å². The van der Waals surface area contributed by atoms with Gasteiger partial charge in [-0.3, -0.25) is 20.0 Å². The molecular formula is C17H13N3O2S2. The summed E-state index contributed by atoms with van der Waals surface area (Å²) in [7, 11) is 0. The number of carbonyl (C=O) groups is 2. The van der Waals surface area contributed by atoms with Crippen molar-refractivity contribution < 1.29 is 9.59 Å². The van der Waals surface area contributed by atoms with Crippen LogP contribution in [0, 0.1) is 6.92 Å². The van der Waals surface area contributed by atoms with E-state index in [9.17, 15) is 9.59 Å². The largest absolute Gasteiger partial charge is 0.285 e. The summed E-state index contributed by atoms with van der Waals surface area (Å²) in [4.78, 5) is 29.3. The van der Waals surface area contributed by atoms with E-state index in [0.717, 1.165) is 27.9 Å². The minimum absolute atomic E-state index is 0.289. The Kier molecular flexibility index (Phi) is 4.73. The number of amides is 2. The number of nitrogens with one attached hydrogen (secondary N) is 1. The fourth-order valence-electron chi connectivity index (χ4n) is 2.17. The van der Waals surface area contributed by atoms with Gasteiger partial charge in [0.15, 0.2) is 4.32 Å². The van der Waals surface area contributed by atoms with Crippen molar-refractivity contribution in [3.63, 3.8) is 0 Å². The Hall–Kier alpha value is -2.51. The minimum Gasteiger partial charge on any atom is -0.267 e. The topological polar surface area (TPSA) is 62.3 Å². The zero-order chi connectivity index (χ0) is 17.1. The summed E-state index contributed by atoms with van der Waals surface area (Å²) in [6, 6.07) is 10.8. The van der Waals surface area contributed by atoms with Gasteiger partial charge in [0.2, 0.25) is 0 Å². The van der Waals surface area contributed by atoms with Gasteiger partial charge in [0.25, 0.3) is 11.8 Å². The molecule has 1 N–H and O–H groups in total. The van der Waals surface area contributed by atoms with E-state index in [2.05, 4.69) is 10.4 Å². The standard InChI is InChI=1S/C17H13N3O2S2/c1-11-5-2-3-7-13(11)15(21)19-20-16(22)14(24-17(20)23)9-12-6-4-8-18-10-12/h2-10H,1H3,(H,19,21)/b14-9+. The molecule has 0 aliphatic carbocycles. The molecule has 1 aliphatic heterocycles. The van der Waals surface area contributed by atoms with Crippen molar-refractivity contribution >= 4 is 46.2 Å². The van der Waals surface area contributed by atoms with E-state index in [1.54, 1.807) is 36.7 Å². The van der Waals surface area contributed by atoms with Crippen LogP contribution in [0.25, 0.3) is 6.08 Å². The highest BCUT2D eigenvalue weighted by Crippen LogP contribution is 2.31. The zero-order valence-electron chi connectivity index (χ0n) is 12.7. The lowest BCUT2D eigenvalue weighted by atomic mass is 10.1. The van der Waals surface area contributed by atoms with E-state index in [0.29, 0.717) is 10.5 Å². The third-order valence-electron chi connectivity index (χ3n) is 3.38. The monoisotopic (exact) mass is 355 g/mol. The van der Waals surface area contributed by atoms with Gasteiger partial charge in [-0.25, -0.2) is 0 Å². The lowest BCUT2D eigenvalue weighted by Gasteiger charge is -2.16. The van der Waals surface area contributed by atoms with E-state index in [-0.39, 0.29) is 16.1 Å². The molecule has 0 atom stereocenters. The molecule has 7 heteroatoms. The Balaban J connectivity index is 1.79. The predicted octanol–water partition coefficient (Wildman–Crippen LogP) is 2.94. The average Bonchev–Trinajstić information content (AvgIpc) is 2.83. The number of aromatic nitrogens is 1. The van der Waals surface area contributed by atoms with Gasteiger partial charge >= 0.3 is 0 Å². The first-order valence-corrected chi connectivity index (χ1v) is 8.33.